The zero-order chi connectivity index (χ0) is 33.2. The molecule has 0 atom stereocenters. The predicted molar refractivity (Wildman–Crippen MR) is 183 cm³/mol. The normalized spacial score (nSPS) is 16.2. The number of aliphatic carboxylic acids is 1. The van der Waals surface area contributed by atoms with Gasteiger partial charge in [-0.15, -0.1) is 0 Å². The summed E-state index contributed by atoms with van der Waals surface area (Å²) in [5.74, 6) is -1.08. The fraction of sp³-hybridized carbons (Fsp3) is 0.395. The number of aryl methyl sites for hydroxylation is 2. The van der Waals surface area contributed by atoms with E-state index < -0.39 is 11.8 Å². The Morgan fingerprint density at radius 2 is 1.96 bits per heavy atom. The molecule has 2 aliphatic rings. The summed E-state index contributed by atoms with van der Waals surface area (Å²) in [5, 5.41) is 15.5. The number of pyridine rings is 1. The van der Waals surface area contributed by atoms with Crippen molar-refractivity contribution in [2.75, 3.05) is 19.8 Å². The van der Waals surface area contributed by atoms with E-state index in [2.05, 4.69) is 42.1 Å². The maximum absolute atomic E-state index is 15.6. The lowest BCUT2D eigenvalue weighted by Crippen LogP contribution is -2.19. The molecule has 6 rings (SSSR count). The summed E-state index contributed by atoms with van der Waals surface area (Å²) in [4.78, 5) is 17.1. The second-order valence-corrected chi connectivity index (χ2v) is 12.5. The predicted octanol–water partition coefficient (Wildman–Crippen LogP) is 7.95. The van der Waals surface area contributed by atoms with Crippen molar-refractivity contribution >= 4 is 28.1 Å². The average Bonchev–Trinajstić information content (AvgIpc) is 3.68. The van der Waals surface area contributed by atoms with Crippen LogP contribution in [0.2, 0.25) is 0 Å². The molecule has 0 aliphatic carbocycles. The van der Waals surface area contributed by atoms with Gasteiger partial charge in [-0.2, -0.15) is 5.10 Å². The van der Waals surface area contributed by atoms with Gasteiger partial charge in [-0.3, -0.25) is 9.48 Å². The van der Waals surface area contributed by atoms with Crippen LogP contribution in [0.15, 0.2) is 48.8 Å². The molecule has 0 bridgehead atoms. The monoisotopic (exact) mass is 638 g/mol. The van der Waals surface area contributed by atoms with E-state index in [1.165, 1.54) is 6.07 Å². The molecule has 0 unspecified atom stereocenters. The number of carbonyl (C=O) groups is 1. The number of fused-ring (bicyclic) bond motifs is 2. The molecule has 1 aromatic carbocycles. The van der Waals surface area contributed by atoms with Crippen molar-refractivity contribution in [1.82, 2.24) is 19.3 Å². The Morgan fingerprint density at radius 1 is 1.17 bits per heavy atom. The molecule has 9 heteroatoms. The van der Waals surface area contributed by atoms with Crippen molar-refractivity contribution in [2.24, 2.45) is 7.05 Å². The number of halogens is 1. The molecule has 8 nitrogen and oxygen atoms in total. The molecule has 0 saturated carbocycles. The number of nitrogens with zero attached hydrogens (tertiary/aromatic N) is 4. The Labute approximate surface area is 275 Å². The highest BCUT2D eigenvalue weighted by molar-refractivity contribution is 6.01. The number of aromatic nitrogens is 4. The van der Waals surface area contributed by atoms with Gasteiger partial charge in [0, 0.05) is 48.7 Å². The number of allylic oxidation sites excluding steroid dienone is 6. The van der Waals surface area contributed by atoms with Crippen LogP contribution in [0.4, 0.5) is 4.39 Å². The zero-order valence-electron chi connectivity index (χ0n) is 27.9. The molecule has 47 heavy (non-hydrogen) atoms. The first-order chi connectivity index (χ1) is 22.7. The lowest BCUT2D eigenvalue weighted by molar-refractivity contribution is -0.136. The minimum Gasteiger partial charge on any atom is -0.490 e. The van der Waals surface area contributed by atoms with Crippen molar-refractivity contribution in [3.63, 3.8) is 0 Å². The summed E-state index contributed by atoms with van der Waals surface area (Å²) >= 11 is 0. The van der Waals surface area contributed by atoms with Gasteiger partial charge in [-0.05, 0) is 104 Å². The lowest BCUT2D eigenvalue weighted by Gasteiger charge is -2.23. The standard InChI is InChI=1S/C38H43FN4O4/c1-6-9-25(27-21-40-43(22-27)28-12-15-46-16-13-28)17-26(10-7-2)34-19-32-36(31(20-35(44)45)24(4)41-38(32)42(34)5)30-18-33(39)37-29(23(30)3)11-8-14-47-37/h7,9-10,17-19,21-22,28H,6,8,11-16,20H2,1-5H3,(H,44,45)/b10-7-,25-9-,26-17+. The van der Waals surface area contributed by atoms with Gasteiger partial charge in [0.1, 0.15) is 5.65 Å². The van der Waals surface area contributed by atoms with Gasteiger partial charge in [0.15, 0.2) is 11.6 Å². The fourth-order valence-corrected chi connectivity index (χ4v) is 7.02. The second-order valence-electron chi connectivity index (χ2n) is 12.5. The van der Waals surface area contributed by atoms with Gasteiger partial charge in [-0.25, -0.2) is 9.37 Å². The average molecular weight is 639 g/mol. The van der Waals surface area contributed by atoms with Gasteiger partial charge in [0.2, 0.25) is 0 Å². The van der Waals surface area contributed by atoms with Crippen LogP contribution in [0.25, 0.3) is 33.3 Å². The van der Waals surface area contributed by atoms with Crippen LogP contribution in [-0.2, 0) is 29.4 Å². The number of carboxylic acid groups (broad SMARTS) is 1. The Bertz CT molecular complexity index is 1920. The van der Waals surface area contributed by atoms with Gasteiger partial charge in [-0.1, -0.05) is 25.2 Å². The maximum Gasteiger partial charge on any atom is 0.307 e. The first-order valence-electron chi connectivity index (χ1n) is 16.5. The number of carboxylic acids is 1. The minimum atomic E-state index is -0.962. The van der Waals surface area contributed by atoms with Crippen LogP contribution >= 0.6 is 0 Å². The topological polar surface area (TPSA) is 91.4 Å². The highest BCUT2D eigenvalue weighted by Gasteiger charge is 2.27. The van der Waals surface area contributed by atoms with Crippen molar-refractivity contribution in [1.29, 1.82) is 0 Å². The summed E-state index contributed by atoms with van der Waals surface area (Å²) in [7, 11) is 1.97. The summed E-state index contributed by atoms with van der Waals surface area (Å²) < 4.78 is 31.0. The third-order valence-electron chi connectivity index (χ3n) is 9.39. The second kappa shape index (κ2) is 13.7. The molecular weight excluding hydrogens is 595 g/mol. The maximum atomic E-state index is 15.6. The lowest BCUT2D eigenvalue weighted by atomic mass is 9.87. The summed E-state index contributed by atoms with van der Waals surface area (Å²) in [6, 6.07) is 3.90. The Morgan fingerprint density at radius 3 is 2.68 bits per heavy atom. The van der Waals surface area contributed by atoms with E-state index in [-0.39, 0.29) is 6.42 Å². The van der Waals surface area contributed by atoms with Crippen LogP contribution < -0.4 is 4.74 Å². The third kappa shape index (κ3) is 6.29. The largest absolute Gasteiger partial charge is 0.490 e. The van der Waals surface area contributed by atoms with Crippen molar-refractivity contribution in [3.8, 4) is 16.9 Å². The van der Waals surface area contributed by atoms with Gasteiger partial charge < -0.3 is 19.1 Å². The Balaban J connectivity index is 1.54. The van der Waals surface area contributed by atoms with E-state index in [0.717, 1.165) is 77.8 Å². The molecule has 5 heterocycles. The minimum absolute atomic E-state index is 0.221. The van der Waals surface area contributed by atoms with E-state index in [9.17, 15) is 9.90 Å². The van der Waals surface area contributed by atoms with Crippen LogP contribution in [-0.4, -0.2) is 50.2 Å². The first-order valence-corrected chi connectivity index (χ1v) is 16.5. The Hall–Kier alpha value is -4.50. The van der Waals surface area contributed by atoms with Gasteiger partial charge >= 0.3 is 5.97 Å². The molecule has 4 aromatic rings. The van der Waals surface area contributed by atoms with Crippen LogP contribution in [0.3, 0.4) is 0 Å². The number of ether oxygens (including phenoxy) is 2. The van der Waals surface area contributed by atoms with Crippen molar-refractivity contribution in [3.05, 3.63) is 88.3 Å². The first kappa shape index (κ1) is 32.4. The van der Waals surface area contributed by atoms with Crippen LogP contribution in [0.1, 0.15) is 79.2 Å². The highest BCUT2D eigenvalue weighted by Crippen LogP contribution is 2.43. The van der Waals surface area contributed by atoms with Crippen LogP contribution in [0, 0.1) is 19.7 Å². The molecule has 0 spiro atoms. The number of hydrogen-bond donors (Lipinski definition) is 1. The number of hydrogen-bond acceptors (Lipinski definition) is 5. The molecule has 0 radical (unpaired) electrons. The molecule has 246 valence electrons. The van der Waals surface area contributed by atoms with Crippen molar-refractivity contribution in [2.45, 2.75) is 72.3 Å². The molecule has 3 aromatic heterocycles. The molecular formula is C38H43FN4O4. The van der Waals surface area contributed by atoms with Gasteiger partial charge in [0.05, 0.1) is 31.0 Å². The van der Waals surface area contributed by atoms with E-state index in [4.69, 9.17) is 19.6 Å². The number of benzene rings is 1. The molecule has 1 N–H and O–H groups in total. The van der Waals surface area contributed by atoms with Gasteiger partial charge in [0.25, 0.3) is 0 Å². The molecule has 0 amide bonds. The smallest absolute Gasteiger partial charge is 0.307 e. The molecule has 2 aliphatic heterocycles. The Kier molecular flexibility index (Phi) is 9.45. The third-order valence-corrected chi connectivity index (χ3v) is 9.39. The molecule has 1 saturated heterocycles. The van der Waals surface area contributed by atoms with E-state index in [1.54, 1.807) is 0 Å². The van der Waals surface area contributed by atoms with E-state index >= 15 is 4.39 Å². The zero-order valence-corrected chi connectivity index (χ0v) is 27.9. The SMILES string of the molecule is C\C=C/C(=C\C(=C\CC)c1cnn(C2CCOCC2)c1)c1cc2c(-c3cc(F)c4c(c3C)CCCO4)c(CC(=O)O)c(C)nc2n1C. The van der Waals surface area contributed by atoms with E-state index in [1.807, 2.05) is 44.7 Å². The fourth-order valence-electron chi connectivity index (χ4n) is 7.02. The van der Waals surface area contributed by atoms with Crippen LogP contribution in [0.5, 0.6) is 5.75 Å². The summed E-state index contributed by atoms with van der Waals surface area (Å²) in [6.07, 6.45) is 16.6. The summed E-state index contributed by atoms with van der Waals surface area (Å²) in [6.45, 7) is 9.91. The highest BCUT2D eigenvalue weighted by atomic mass is 19.1. The van der Waals surface area contributed by atoms with E-state index in [0.29, 0.717) is 52.9 Å². The molecule has 1 fully saturated rings. The number of rotatable bonds is 9. The quantitative estimate of drug-likeness (QED) is 0.187. The summed E-state index contributed by atoms with van der Waals surface area (Å²) in [5.41, 5.74) is 9.04. The van der Waals surface area contributed by atoms with Crippen molar-refractivity contribution < 1.29 is 23.8 Å².